The highest BCUT2D eigenvalue weighted by Gasteiger charge is 2.20. The van der Waals surface area contributed by atoms with Gasteiger partial charge in [-0.3, -0.25) is 14.9 Å². The molecular formula is C19H18ClN3O5. The Kier molecular flexibility index (Phi) is 5.79. The Hall–Kier alpha value is -3.13. The number of piperazine rings is 1. The van der Waals surface area contributed by atoms with Crippen LogP contribution in [0, 0.1) is 10.1 Å². The highest BCUT2D eigenvalue weighted by atomic mass is 35.5. The molecule has 2 aromatic rings. The van der Waals surface area contributed by atoms with Crippen molar-refractivity contribution in [3.05, 3.63) is 63.2 Å². The van der Waals surface area contributed by atoms with E-state index in [-0.39, 0.29) is 22.2 Å². The Labute approximate surface area is 166 Å². The van der Waals surface area contributed by atoms with Crippen LogP contribution in [0.1, 0.15) is 17.3 Å². The quantitative estimate of drug-likeness (QED) is 0.337. The first-order chi connectivity index (χ1) is 13.3. The largest absolute Gasteiger partial charge is 0.423 e. The standard InChI is InChI=1S/C19H18ClN3O5/c1-13(24)21-8-10-22(11-9-21)14-2-5-16(6-3-14)28-19(25)17-7-4-15(23(26)27)12-18(17)20/h2-7,12H,8-11H2,1H3. The summed E-state index contributed by atoms with van der Waals surface area (Å²) in [6, 6.07) is 10.6. The number of rotatable bonds is 4. The topological polar surface area (TPSA) is 93.0 Å². The summed E-state index contributed by atoms with van der Waals surface area (Å²) in [5, 5.41) is 10.7. The molecule has 9 heteroatoms. The van der Waals surface area contributed by atoms with Gasteiger partial charge in [0.2, 0.25) is 5.91 Å². The van der Waals surface area contributed by atoms with Gasteiger partial charge in [-0.25, -0.2) is 4.79 Å². The molecule has 28 heavy (non-hydrogen) atoms. The van der Waals surface area contributed by atoms with Crippen molar-refractivity contribution in [1.82, 2.24) is 4.90 Å². The normalized spacial score (nSPS) is 13.9. The molecule has 2 aromatic carbocycles. The van der Waals surface area contributed by atoms with E-state index in [1.807, 2.05) is 12.1 Å². The number of carbonyl (C=O) groups is 2. The van der Waals surface area contributed by atoms with Gasteiger partial charge in [0.1, 0.15) is 5.75 Å². The molecule has 0 saturated carbocycles. The second-order valence-corrected chi connectivity index (χ2v) is 6.70. The molecule has 3 rings (SSSR count). The summed E-state index contributed by atoms with van der Waals surface area (Å²) >= 11 is 5.96. The molecule has 1 saturated heterocycles. The number of ether oxygens (including phenoxy) is 1. The maximum atomic E-state index is 12.3. The number of benzene rings is 2. The summed E-state index contributed by atoms with van der Waals surface area (Å²) in [6.45, 7) is 4.37. The predicted molar refractivity (Wildman–Crippen MR) is 104 cm³/mol. The molecule has 1 amide bonds. The Morgan fingerprint density at radius 3 is 2.25 bits per heavy atom. The second-order valence-electron chi connectivity index (χ2n) is 6.30. The minimum Gasteiger partial charge on any atom is -0.423 e. The van der Waals surface area contributed by atoms with Gasteiger partial charge in [0, 0.05) is 50.9 Å². The second kappa shape index (κ2) is 8.26. The lowest BCUT2D eigenvalue weighted by atomic mass is 10.2. The predicted octanol–water partition coefficient (Wildman–Crippen LogP) is 3.14. The van der Waals surface area contributed by atoms with Gasteiger partial charge in [-0.05, 0) is 30.3 Å². The molecule has 146 valence electrons. The van der Waals surface area contributed by atoms with Gasteiger partial charge in [-0.15, -0.1) is 0 Å². The number of nitro groups is 1. The van der Waals surface area contributed by atoms with Gasteiger partial charge < -0.3 is 14.5 Å². The van der Waals surface area contributed by atoms with Crippen LogP contribution in [0.3, 0.4) is 0 Å². The average molecular weight is 404 g/mol. The van der Waals surface area contributed by atoms with E-state index >= 15 is 0 Å². The lowest BCUT2D eigenvalue weighted by Crippen LogP contribution is -2.48. The van der Waals surface area contributed by atoms with Crippen LogP contribution in [0.15, 0.2) is 42.5 Å². The van der Waals surface area contributed by atoms with Crippen molar-refractivity contribution < 1.29 is 19.2 Å². The molecule has 0 spiro atoms. The van der Waals surface area contributed by atoms with E-state index in [2.05, 4.69) is 4.90 Å². The Morgan fingerprint density at radius 1 is 1.07 bits per heavy atom. The zero-order valence-corrected chi connectivity index (χ0v) is 15.9. The van der Waals surface area contributed by atoms with Crippen LogP contribution in [0.5, 0.6) is 5.75 Å². The van der Waals surface area contributed by atoms with E-state index in [0.717, 1.165) is 24.8 Å². The molecular weight excluding hydrogens is 386 g/mol. The van der Waals surface area contributed by atoms with Gasteiger partial charge >= 0.3 is 5.97 Å². The van der Waals surface area contributed by atoms with Crippen molar-refractivity contribution in [1.29, 1.82) is 0 Å². The summed E-state index contributed by atoms with van der Waals surface area (Å²) in [7, 11) is 0. The third-order valence-corrected chi connectivity index (χ3v) is 4.83. The molecule has 0 aliphatic carbocycles. The van der Waals surface area contributed by atoms with Crippen LogP contribution in [0.4, 0.5) is 11.4 Å². The van der Waals surface area contributed by atoms with Crippen molar-refractivity contribution in [2.45, 2.75) is 6.92 Å². The molecule has 0 unspecified atom stereocenters. The first kappa shape index (κ1) is 19.6. The number of carbonyl (C=O) groups excluding carboxylic acids is 2. The minimum absolute atomic E-state index is 0.0424. The Morgan fingerprint density at radius 2 is 1.71 bits per heavy atom. The number of halogens is 1. The third kappa shape index (κ3) is 4.40. The number of hydrogen-bond acceptors (Lipinski definition) is 6. The van der Waals surface area contributed by atoms with E-state index in [1.165, 1.54) is 12.1 Å². The van der Waals surface area contributed by atoms with E-state index in [4.69, 9.17) is 16.3 Å². The van der Waals surface area contributed by atoms with Crippen LogP contribution in [-0.4, -0.2) is 47.9 Å². The fraction of sp³-hybridized carbons (Fsp3) is 0.263. The molecule has 0 N–H and O–H groups in total. The maximum absolute atomic E-state index is 12.3. The molecule has 8 nitrogen and oxygen atoms in total. The number of anilines is 1. The van der Waals surface area contributed by atoms with Crippen LogP contribution in [0.2, 0.25) is 5.02 Å². The van der Waals surface area contributed by atoms with Gasteiger partial charge in [0.25, 0.3) is 5.69 Å². The summed E-state index contributed by atoms with van der Waals surface area (Å²) in [6.07, 6.45) is 0. The van der Waals surface area contributed by atoms with Crippen LogP contribution >= 0.6 is 11.6 Å². The first-order valence-electron chi connectivity index (χ1n) is 8.62. The highest BCUT2D eigenvalue weighted by molar-refractivity contribution is 6.33. The average Bonchev–Trinajstić information content (AvgIpc) is 2.68. The molecule has 0 aromatic heterocycles. The smallest absolute Gasteiger partial charge is 0.345 e. The number of amides is 1. The lowest BCUT2D eigenvalue weighted by Gasteiger charge is -2.35. The summed E-state index contributed by atoms with van der Waals surface area (Å²) in [4.78, 5) is 37.8. The monoisotopic (exact) mass is 403 g/mol. The molecule has 1 heterocycles. The highest BCUT2D eigenvalue weighted by Crippen LogP contribution is 2.25. The Balaban J connectivity index is 1.64. The van der Waals surface area contributed by atoms with E-state index in [0.29, 0.717) is 18.8 Å². The van der Waals surface area contributed by atoms with Gasteiger partial charge in [0.15, 0.2) is 0 Å². The lowest BCUT2D eigenvalue weighted by molar-refractivity contribution is -0.384. The number of nitro benzene ring substituents is 1. The molecule has 1 aliphatic rings. The number of esters is 1. The van der Waals surface area contributed by atoms with Crippen molar-refractivity contribution in [2.24, 2.45) is 0 Å². The Bertz CT molecular complexity index is 908. The number of non-ortho nitro benzene ring substituents is 1. The molecule has 0 atom stereocenters. The summed E-state index contributed by atoms with van der Waals surface area (Å²) < 4.78 is 5.31. The zero-order chi connectivity index (χ0) is 20.3. The van der Waals surface area contributed by atoms with E-state index in [9.17, 15) is 19.7 Å². The first-order valence-corrected chi connectivity index (χ1v) is 8.99. The maximum Gasteiger partial charge on any atom is 0.345 e. The molecule has 0 radical (unpaired) electrons. The van der Waals surface area contributed by atoms with E-state index in [1.54, 1.807) is 24.0 Å². The SMILES string of the molecule is CC(=O)N1CCN(c2ccc(OC(=O)c3ccc([N+](=O)[O-])cc3Cl)cc2)CC1. The molecule has 0 bridgehead atoms. The summed E-state index contributed by atoms with van der Waals surface area (Å²) in [5.74, 6) is -0.278. The number of nitrogens with zero attached hydrogens (tertiary/aromatic N) is 3. The van der Waals surface area contributed by atoms with Crippen molar-refractivity contribution in [3.8, 4) is 5.75 Å². The molecule has 1 fully saturated rings. The fourth-order valence-corrected chi connectivity index (χ4v) is 3.20. The zero-order valence-electron chi connectivity index (χ0n) is 15.1. The van der Waals surface area contributed by atoms with Gasteiger partial charge in [0.05, 0.1) is 15.5 Å². The van der Waals surface area contributed by atoms with Gasteiger partial charge in [-0.1, -0.05) is 11.6 Å². The van der Waals surface area contributed by atoms with Crippen molar-refractivity contribution in [2.75, 3.05) is 31.1 Å². The summed E-state index contributed by atoms with van der Waals surface area (Å²) in [5.41, 5.74) is 0.823. The van der Waals surface area contributed by atoms with Crippen LogP contribution in [-0.2, 0) is 4.79 Å². The van der Waals surface area contributed by atoms with Crippen LogP contribution in [0.25, 0.3) is 0 Å². The minimum atomic E-state index is -0.692. The number of hydrogen-bond donors (Lipinski definition) is 0. The van der Waals surface area contributed by atoms with Gasteiger partial charge in [-0.2, -0.15) is 0 Å². The third-order valence-electron chi connectivity index (χ3n) is 4.52. The van der Waals surface area contributed by atoms with Crippen molar-refractivity contribution >= 4 is 34.9 Å². The van der Waals surface area contributed by atoms with E-state index < -0.39 is 10.9 Å². The molecule has 1 aliphatic heterocycles. The fourth-order valence-electron chi connectivity index (χ4n) is 2.95. The van der Waals surface area contributed by atoms with Crippen LogP contribution < -0.4 is 9.64 Å². The van der Waals surface area contributed by atoms with Crippen molar-refractivity contribution in [3.63, 3.8) is 0 Å².